The summed E-state index contributed by atoms with van der Waals surface area (Å²) in [4.78, 5) is 27.7. The van der Waals surface area contributed by atoms with Crippen LogP contribution in [0.3, 0.4) is 0 Å². The first-order chi connectivity index (χ1) is 18.4. The number of carbonyl (C=O) groups is 2. The molecule has 2 heterocycles. The van der Waals surface area contributed by atoms with E-state index >= 15 is 0 Å². The van der Waals surface area contributed by atoms with Crippen LogP contribution in [0.25, 0.3) is 0 Å². The lowest BCUT2D eigenvalue weighted by molar-refractivity contribution is 0.0600. The van der Waals surface area contributed by atoms with Crippen LogP contribution in [0.5, 0.6) is 0 Å². The number of furan rings is 1. The summed E-state index contributed by atoms with van der Waals surface area (Å²) in [6.07, 6.45) is -0.858. The molecule has 1 aliphatic rings. The second-order valence-electron chi connectivity index (χ2n) is 9.04. The molecular formula is C29H32N4O5. The van der Waals surface area contributed by atoms with Crippen LogP contribution in [0.1, 0.15) is 45.5 Å². The van der Waals surface area contributed by atoms with Crippen molar-refractivity contribution in [2.75, 3.05) is 39.8 Å². The van der Waals surface area contributed by atoms with Gasteiger partial charge in [-0.25, -0.2) is 20.4 Å². The number of esters is 1. The SMILES string of the molecule is COC(=O)c1cccc(C(c2ccccc2)N2CCN(Cc3ccc(C#CCCN(N)C(=O)O)o3)CC2)c1. The van der Waals surface area contributed by atoms with Gasteiger partial charge in [-0.05, 0) is 41.3 Å². The maximum absolute atomic E-state index is 12.2. The van der Waals surface area contributed by atoms with Crippen LogP contribution in [0.4, 0.5) is 4.79 Å². The van der Waals surface area contributed by atoms with E-state index in [4.69, 9.17) is 20.1 Å². The molecule has 4 rings (SSSR count). The van der Waals surface area contributed by atoms with Crippen molar-refractivity contribution in [3.8, 4) is 11.8 Å². The van der Waals surface area contributed by atoms with Crippen molar-refractivity contribution in [1.29, 1.82) is 0 Å². The molecule has 3 aromatic rings. The number of methoxy groups -OCH3 is 1. The lowest BCUT2D eigenvalue weighted by Crippen LogP contribution is -2.47. The van der Waals surface area contributed by atoms with Crippen molar-refractivity contribution in [2.24, 2.45) is 5.84 Å². The minimum Gasteiger partial charge on any atom is -0.465 e. The predicted octanol–water partition coefficient (Wildman–Crippen LogP) is 3.57. The first kappa shape index (κ1) is 26.9. The van der Waals surface area contributed by atoms with E-state index in [9.17, 15) is 9.59 Å². The van der Waals surface area contributed by atoms with Crippen molar-refractivity contribution in [3.63, 3.8) is 0 Å². The monoisotopic (exact) mass is 516 g/mol. The number of ether oxygens (including phenoxy) is 1. The Balaban J connectivity index is 1.38. The number of nitrogens with two attached hydrogens (primary N) is 1. The van der Waals surface area contributed by atoms with Crippen molar-refractivity contribution in [1.82, 2.24) is 14.8 Å². The fraction of sp³-hybridized carbons (Fsp3) is 0.310. The number of carboxylic acid groups (broad SMARTS) is 1. The highest BCUT2D eigenvalue weighted by Gasteiger charge is 2.27. The minimum absolute atomic E-state index is 0.0269. The molecule has 1 aromatic heterocycles. The molecule has 1 amide bonds. The van der Waals surface area contributed by atoms with Gasteiger partial charge >= 0.3 is 12.1 Å². The Morgan fingerprint density at radius 3 is 2.50 bits per heavy atom. The topological polar surface area (TPSA) is 112 Å². The van der Waals surface area contributed by atoms with Crippen LogP contribution >= 0.6 is 0 Å². The number of nitrogens with zero attached hydrogens (tertiary/aromatic N) is 3. The molecule has 1 unspecified atom stereocenters. The van der Waals surface area contributed by atoms with E-state index in [-0.39, 0.29) is 18.6 Å². The summed E-state index contributed by atoms with van der Waals surface area (Å²) >= 11 is 0. The van der Waals surface area contributed by atoms with Crippen molar-refractivity contribution >= 4 is 12.1 Å². The average molecular weight is 517 g/mol. The van der Waals surface area contributed by atoms with Crippen LogP contribution in [-0.2, 0) is 11.3 Å². The standard InChI is InChI=1S/C29H32N4O5/c1-37-28(34)24-11-7-10-23(20-24)27(22-8-3-2-4-9-22)32-18-16-31(17-19-32)21-26-14-13-25(38-26)12-5-6-15-33(30)29(35)36/h2-4,7-11,13-14,20,27H,6,15-19,21,30H2,1H3,(H,35,36). The third-order valence-electron chi connectivity index (χ3n) is 6.49. The van der Waals surface area contributed by atoms with E-state index in [0.717, 1.165) is 37.5 Å². The highest BCUT2D eigenvalue weighted by Crippen LogP contribution is 2.30. The normalized spacial score (nSPS) is 14.8. The molecule has 0 bridgehead atoms. The molecule has 9 nitrogen and oxygen atoms in total. The second kappa shape index (κ2) is 12.9. The van der Waals surface area contributed by atoms with Crippen LogP contribution in [0.15, 0.2) is 71.1 Å². The zero-order valence-electron chi connectivity index (χ0n) is 21.4. The van der Waals surface area contributed by atoms with Crippen molar-refractivity contribution < 1.29 is 23.8 Å². The molecule has 1 fully saturated rings. The highest BCUT2D eigenvalue weighted by molar-refractivity contribution is 5.89. The molecular weight excluding hydrogens is 484 g/mol. The molecule has 3 N–H and O–H groups in total. The van der Waals surface area contributed by atoms with Crippen molar-refractivity contribution in [2.45, 2.75) is 19.0 Å². The number of rotatable bonds is 8. The Morgan fingerprint density at radius 2 is 1.79 bits per heavy atom. The molecule has 9 heteroatoms. The lowest BCUT2D eigenvalue weighted by atomic mass is 9.95. The average Bonchev–Trinajstić information content (AvgIpc) is 3.39. The molecule has 0 spiro atoms. The molecule has 0 radical (unpaired) electrons. The zero-order valence-corrected chi connectivity index (χ0v) is 21.4. The Bertz CT molecular complexity index is 1290. The first-order valence-corrected chi connectivity index (χ1v) is 12.5. The van der Waals surface area contributed by atoms with Crippen LogP contribution < -0.4 is 5.84 Å². The number of benzene rings is 2. The second-order valence-corrected chi connectivity index (χ2v) is 9.04. The molecule has 1 saturated heterocycles. The van der Waals surface area contributed by atoms with Crippen molar-refractivity contribution in [3.05, 3.63) is 94.9 Å². The Kier molecular flexibility index (Phi) is 9.16. The Labute approximate surface area is 222 Å². The summed E-state index contributed by atoms with van der Waals surface area (Å²) in [7, 11) is 1.40. The van der Waals surface area contributed by atoms with Gasteiger partial charge in [0.15, 0.2) is 5.76 Å². The first-order valence-electron chi connectivity index (χ1n) is 12.5. The molecule has 1 atom stereocenters. The van der Waals surface area contributed by atoms with Gasteiger partial charge in [-0.1, -0.05) is 48.4 Å². The summed E-state index contributed by atoms with van der Waals surface area (Å²) in [6, 6.07) is 21.8. The van der Waals surface area contributed by atoms with Gasteiger partial charge in [-0.3, -0.25) is 9.80 Å². The third kappa shape index (κ3) is 7.01. The van der Waals surface area contributed by atoms with Crippen LogP contribution in [0, 0.1) is 11.8 Å². The number of hydrazine groups is 1. The Hall–Kier alpha value is -4.10. The van der Waals surface area contributed by atoms with E-state index < -0.39 is 6.09 Å². The Morgan fingerprint density at radius 1 is 1.05 bits per heavy atom. The van der Waals surface area contributed by atoms with E-state index in [1.54, 1.807) is 6.07 Å². The summed E-state index contributed by atoms with van der Waals surface area (Å²) < 4.78 is 10.8. The quantitative estimate of drug-likeness (QED) is 0.154. The smallest absolute Gasteiger partial charge is 0.421 e. The summed E-state index contributed by atoms with van der Waals surface area (Å²) in [5.41, 5.74) is 2.78. The summed E-state index contributed by atoms with van der Waals surface area (Å²) in [6.45, 7) is 4.26. The maximum Gasteiger partial charge on any atom is 0.421 e. The van der Waals surface area contributed by atoms with E-state index in [0.29, 0.717) is 29.3 Å². The number of hydrogen-bond acceptors (Lipinski definition) is 7. The molecule has 1 aliphatic heterocycles. The highest BCUT2D eigenvalue weighted by atomic mass is 16.5. The fourth-order valence-electron chi connectivity index (χ4n) is 4.55. The van der Waals surface area contributed by atoms with Crippen LogP contribution in [-0.4, -0.2) is 71.8 Å². The predicted molar refractivity (Wildman–Crippen MR) is 142 cm³/mol. The fourth-order valence-corrected chi connectivity index (χ4v) is 4.55. The minimum atomic E-state index is -1.18. The van der Waals surface area contributed by atoms with Gasteiger partial charge in [0.05, 0.1) is 31.8 Å². The van der Waals surface area contributed by atoms with Gasteiger partial charge in [0.1, 0.15) is 5.76 Å². The van der Waals surface area contributed by atoms with E-state index in [2.05, 4.69) is 39.8 Å². The number of carbonyl (C=O) groups excluding carboxylic acids is 1. The third-order valence-corrected chi connectivity index (χ3v) is 6.49. The van der Waals surface area contributed by atoms with Gasteiger partial charge in [0.2, 0.25) is 0 Å². The molecule has 198 valence electrons. The zero-order chi connectivity index (χ0) is 26.9. The van der Waals surface area contributed by atoms with E-state index in [1.807, 2.05) is 42.5 Å². The van der Waals surface area contributed by atoms with Crippen LogP contribution in [0.2, 0.25) is 0 Å². The summed E-state index contributed by atoms with van der Waals surface area (Å²) in [5.74, 6) is 12.2. The molecule has 0 saturated carbocycles. The molecule has 38 heavy (non-hydrogen) atoms. The number of piperazine rings is 1. The number of amides is 1. The van der Waals surface area contributed by atoms with Gasteiger partial charge in [0.25, 0.3) is 0 Å². The largest absolute Gasteiger partial charge is 0.465 e. The molecule has 0 aliphatic carbocycles. The number of hydrogen-bond donors (Lipinski definition) is 2. The molecule has 2 aromatic carbocycles. The summed E-state index contributed by atoms with van der Waals surface area (Å²) in [5, 5.41) is 9.48. The van der Waals surface area contributed by atoms with Gasteiger partial charge < -0.3 is 14.3 Å². The lowest BCUT2D eigenvalue weighted by Gasteiger charge is -2.39. The maximum atomic E-state index is 12.2. The van der Waals surface area contributed by atoms with E-state index in [1.165, 1.54) is 12.7 Å². The van der Waals surface area contributed by atoms with Gasteiger partial charge in [0, 0.05) is 32.6 Å². The van der Waals surface area contributed by atoms with Gasteiger partial charge in [-0.2, -0.15) is 0 Å². The van der Waals surface area contributed by atoms with Gasteiger partial charge in [-0.15, -0.1) is 0 Å².